The number of carbonyl (C=O) groups excluding carboxylic acids is 2. The van der Waals surface area contributed by atoms with Gasteiger partial charge in [-0.1, -0.05) is 18.2 Å². The summed E-state index contributed by atoms with van der Waals surface area (Å²) >= 11 is 0. The number of nitrogens with zero attached hydrogens (tertiary/aromatic N) is 1. The summed E-state index contributed by atoms with van der Waals surface area (Å²) in [5.41, 5.74) is 0.218. The molecular weight excluding hydrogens is 294 g/mol. The maximum Gasteiger partial charge on any atom is 0.250 e. The van der Waals surface area contributed by atoms with E-state index in [9.17, 15) is 9.59 Å². The molecule has 0 aliphatic carbocycles. The van der Waals surface area contributed by atoms with Crippen LogP contribution in [-0.4, -0.2) is 24.4 Å². The van der Waals surface area contributed by atoms with Crippen molar-refractivity contribution in [2.75, 3.05) is 7.11 Å². The van der Waals surface area contributed by atoms with Crippen LogP contribution in [0, 0.1) is 0 Å². The first-order chi connectivity index (χ1) is 11.1. The number of benzene rings is 1. The van der Waals surface area contributed by atoms with Crippen molar-refractivity contribution in [2.45, 2.75) is 19.0 Å². The summed E-state index contributed by atoms with van der Waals surface area (Å²) in [5.74, 6) is 0.358. The van der Waals surface area contributed by atoms with Crippen LogP contribution >= 0.6 is 0 Å². The van der Waals surface area contributed by atoms with E-state index in [1.54, 1.807) is 50.6 Å². The number of nitrogens with one attached hydrogen (secondary N) is 2. The van der Waals surface area contributed by atoms with Gasteiger partial charge in [0.15, 0.2) is 0 Å². The lowest BCUT2D eigenvalue weighted by Crippen LogP contribution is -2.51. The minimum absolute atomic E-state index is 0.284. The Morgan fingerprint density at radius 2 is 2.00 bits per heavy atom. The number of aromatic nitrogens is 1. The fraction of sp³-hybridized carbons (Fsp3) is 0.235. The molecule has 1 aromatic heterocycles. The molecule has 23 heavy (non-hydrogen) atoms. The number of methoxy groups -OCH3 is 1. The Kier molecular flexibility index (Phi) is 5.30. The minimum atomic E-state index is -1.18. The average Bonchev–Trinajstić information content (AvgIpc) is 2.60. The Labute approximate surface area is 134 Å². The van der Waals surface area contributed by atoms with Gasteiger partial charge in [0.05, 0.1) is 19.3 Å². The third kappa shape index (κ3) is 3.85. The Bertz CT molecular complexity index is 659. The maximum atomic E-state index is 12.6. The van der Waals surface area contributed by atoms with Gasteiger partial charge >= 0.3 is 0 Å². The van der Waals surface area contributed by atoms with Gasteiger partial charge in [0.25, 0.3) is 0 Å². The van der Waals surface area contributed by atoms with Crippen molar-refractivity contribution in [3.63, 3.8) is 0 Å². The zero-order valence-corrected chi connectivity index (χ0v) is 13.1. The van der Waals surface area contributed by atoms with Crippen LogP contribution in [0.25, 0.3) is 0 Å². The first-order valence-corrected chi connectivity index (χ1v) is 7.14. The molecule has 2 amide bonds. The lowest BCUT2D eigenvalue weighted by Gasteiger charge is -2.28. The van der Waals surface area contributed by atoms with Crippen molar-refractivity contribution in [3.05, 3.63) is 59.9 Å². The van der Waals surface area contributed by atoms with Crippen LogP contribution in [0.5, 0.6) is 5.75 Å². The summed E-state index contributed by atoms with van der Waals surface area (Å²) in [5, 5.41) is 5.39. The standard InChI is InChI=1S/C17H19N3O3/c1-17(20-12-21,13-6-8-15(23-2)9-7-13)16(22)19-11-14-5-3-4-10-18-14/h3-10,12H,11H2,1-2H3,(H,19,22)(H,20,21). The monoisotopic (exact) mass is 313 g/mol. The second-order valence-electron chi connectivity index (χ2n) is 5.12. The van der Waals surface area contributed by atoms with Gasteiger partial charge in [-0.2, -0.15) is 0 Å². The number of hydrogen-bond donors (Lipinski definition) is 2. The van der Waals surface area contributed by atoms with E-state index in [0.29, 0.717) is 17.7 Å². The van der Waals surface area contributed by atoms with E-state index in [4.69, 9.17) is 4.74 Å². The molecule has 120 valence electrons. The van der Waals surface area contributed by atoms with E-state index in [0.717, 1.165) is 5.69 Å². The van der Waals surface area contributed by atoms with E-state index < -0.39 is 5.54 Å². The second kappa shape index (κ2) is 7.40. The van der Waals surface area contributed by atoms with Crippen LogP contribution in [0.4, 0.5) is 0 Å². The molecule has 0 saturated carbocycles. The highest BCUT2D eigenvalue weighted by molar-refractivity contribution is 5.89. The molecule has 0 saturated heterocycles. The van der Waals surface area contributed by atoms with Crippen LogP contribution in [0.3, 0.4) is 0 Å². The number of carbonyl (C=O) groups is 2. The number of rotatable bonds is 7. The molecule has 0 aliphatic rings. The van der Waals surface area contributed by atoms with Crippen LogP contribution in [0.15, 0.2) is 48.7 Å². The fourth-order valence-corrected chi connectivity index (χ4v) is 2.17. The van der Waals surface area contributed by atoms with Crippen molar-refractivity contribution in [1.82, 2.24) is 15.6 Å². The lowest BCUT2D eigenvalue weighted by atomic mass is 9.91. The molecule has 0 radical (unpaired) electrons. The molecule has 0 bridgehead atoms. The largest absolute Gasteiger partial charge is 0.497 e. The summed E-state index contributed by atoms with van der Waals surface area (Å²) in [4.78, 5) is 27.7. The lowest BCUT2D eigenvalue weighted by molar-refractivity contribution is -0.130. The van der Waals surface area contributed by atoms with Crippen molar-refractivity contribution >= 4 is 12.3 Å². The second-order valence-corrected chi connectivity index (χ2v) is 5.12. The van der Waals surface area contributed by atoms with Gasteiger partial charge in [-0.3, -0.25) is 14.6 Å². The normalized spacial score (nSPS) is 12.8. The molecule has 0 aliphatic heterocycles. The van der Waals surface area contributed by atoms with Gasteiger partial charge in [0.2, 0.25) is 12.3 Å². The zero-order valence-electron chi connectivity index (χ0n) is 13.1. The first-order valence-electron chi connectivity index (χ1n) is 7.14. The van der Waals surface area contributed by atoms with E-state index >= 15 is 0 Å². The van der Waals surface area contributed by atoms with Crippen LogP contribution in [0.1, 0.15) is 18.2 Å². The number of hydrogen-bond acceptors (Lipinski definition) is 4. The van der Waals surface area contributed by atoms with E-state index in [1.165, 1.54) is 0 Å². The molecule has 0 spiro atoms. The fourth-order valence-electron chi connectivity index (χ4n) is 2.17. The number of ether oxygens (including phenoxy) is 1. The molecule has 6 nitrogen and oxygen atoms in total. The summed E-state index contributed by atoms with van der Waals surface area (Å²) in [7, 11) is 1.57. The van der Waals surface area contributed by atoms with E-state index in [2.05, 4.69) is 15.6 Å². The predicted molar refractivity (Wildman–Crippen MR) is 85.6 cm³/mol. The summed E-state index contributed by atoms with van der Waals surface area (Å²) in [6.07, 6.45) is 2.18. The number of pyridine rings is 1. The van der Waals surface area contributed by atoms with Gasteiger partial charge in [-0.15, -0.1) is 0 Å². The van der Waals surface area contributed by atoms with Crippen LogP contribution < -0.4 is 15.4 Å². The molecule has 2 N–H and O–H groups in total. The van der Waals surface area contributed by atoms with E-state index in [1.807, 2.05) is 12.1 Å². The summed E-state index contributed by atoms with van der Waals surface area (Å²) < 4.78 is 5.11. The van der Waals surface area contributed by atoms with E-state index in [-0.39, 0.29) is 12.5 Å². The third-order valence-electron chi connectivity index (χ3n) is 3.63. The minimum Gasteiger partial charge on any atom is -0.497 e. The quantitative estimate of drug-likeness (QED) is 0.757. The highest BCUT2D eigenvalue weighted by Gasteiger charge is 2.34. The molecular formula is C17H19N3O3. The molecule has 0 fully saturated rings. The van der Waals surface area contributed by atoms with Gasteiger partial charge in [-0.25, -0.2) is 0 Å². The Balaban J connectivity index is 2.17. The average molecular weight is 313 g/mol. The highest BCUT2D eigenvalue weighted by Crippen LogP contribution is 2.23. The molecule has 1 heterocycles. The van der Waals surface area contributed by atoms with Crippen molar-refractivity contribution in [2.24, 2.45) is 0 Å². The summed E-state index contributed by atoms with van der Waals surface area (Å²) in [6.45, 7) is 1.93. The highest BCUT2D eigenvalue weighted by atomic mass is 16.5. The van der Waals surface area contributed by atoms with Crippen LogP contribution in [0.2, 0.25) is 0 Å². The smallest absolute Gasteiger partial charge is 0.250 e. The number of amides is 2. The van der Waals surface area contributed by atoms with Crippen molar-refractivity contribution in [3.8, 4) is 5.75 Å². The predicted octanol–water partition coefficient (Wildman–Crippen LogP) is 1.37. The molecule has 1 atom stereocenters. The van der Waals surface area contributed by atoms with Gasteiger partial charge in [0.1, 0.15) is 11.3 Å². The van der Waals surface area contributed by atoms with Gasteiger partial charge in [-0.05, 0) is 36.8 Å². The Morgan fingerprint density at radius 1 is 1.26 bits per heavy atom. The topological polar surface area (TPSA) is 80.3 Å². The molecule has 2 aromatic rings. The SMILES string of the molecule is COc1ccc(C(C)(NC=O)C(=O)NCc2ccccn2)cc1. The van der Waals surface area contributed by atoms with Crippen molar-refractivity contribution < 1.29 is 14.3 Å². The molecule has 1 unspecified atom stereocenters. The third-order valence-corrected chi connectivity index (χ3v) is 3.63. The molecule has 2 rings (SSSR count). The molecule has 6 heteroatoms. The first kappa shape index (κ1) is 16.5. The zero-order chi connectivity index (χ0) is 16.7. The van der Waals surface area contributed by atoms with Gasteiger partial charge < -0.3 is 15.4 Å². The van der Waals surface area contributed by atoms with Gasteiger partial charge in [0, 0.05) is 6.20 Å². The Morgan fingerprint density at radius 3 is 2.57 bits per heavy atom. The molecule has 1 aromatic carbocycles. The summed E-state index contributed by atoms with van der Waals surface area (Å²) in [6, 6.07) is 12.4. The van der Waals surface area contributed by atoms with Crippen LogP contribution in [-0.2, 0) is 21.7 Å². The van der Waals surface area contributed by atoms with Crippen molar-refractivity contribution in [1.29, 1.82) is 0 Å². The Hall–Kier alpha value is -2.89. The maximum absolute atomic E-state index is 12.6.